The number of nitrogens with zero attached hydrogens (tertiary/aromatic N) is 2. The van der Waals surface area contributed by atoms with Crippen LogP contribution < -0.4 is 0 Å². The topological polar surface area (TPSA) is 87.2 Å². The van der Waals surface area contributed by atoms with E-state index in [2.05, 4.69) is 0 Å². The minimum absolute atomic E-state index is 0.360. The molecule has 15 heavy (non-hydrogen) atoms. The summed E-state index contributed by atoms with van der Waals surface area (Å²) in [6.45, 7) is 1.83. The van der Waals surface area contributed by atoms with E-state index in [1.807, 2.05) is 13.0 Å². The SMILES string of the molecule is CC[C@H](C#N)c1ccc(O)c([N+](=O)[O-])c1. The van der Waals surface area contributed by atoms with Crippen molar-refractivity contribution in [3.05, 3.63) is 33.9 Å². The van der Waals surface area contributed by atoms with Crippen LogP contribution in [0.2, 0.25) is 0 Å². The number of phenolic OH excluding ortho intramolecular Hbond substituents is 1. The Labute approximate surface area is 86.7 Å². The van der Waals surface area contributed by atoms with Gasteiger partial charge in [0.25, 0.3) is 0 Å². The Balaban J connectivity index is 3.19. The second-order valence-electron chi connectivity index (χ2n) is 3.10. The summed E-state index contributed by atoms with van der Waals surface area (Å²) in [5, 5.41) is 28.5. The molecule has 0 aliphatic rings. The summed E-state index contributed by atoms with van der Waals surface area (Å²) in [6, 6.07) is 6.06. The van der Waals surface area contributed by atoms with E-state index < -0.39 is 4.92 Å². The van der Waals surface area contributed by atoms with E-state index in [9.17, 15) is 15.2 Å². The molecule has 1 aromatic rings. The molecule has 1 atom stereocenters. The molecule has 1 N–H and O–H groups in total. The van der Waals surface area contributed by atoms with Crippen LogP contribution in [0.15, 0.2) is 18.2 Å². The summed E-state index contributed by atoms with van der Waals surface area (Å²) >= 11 is 0. The summed E-state index contributed by atoms with van der Waals surface area (Å²) in [5.41, 5.74) is 0.200. The molecule has 0 heterocycles. The van der Waals surface area contributed by atoms with Crippen LogP contribution in [-0.2, 0) is 0 Å². The molecule has 5 heteroatoms. The quantitative estimate of drug-likeness (QED) is 0.607. The third kappa shape index (κ3) is 2.23. The molecule has 1 rings (SSSR count). The lowest BCUT2D eigenvalue weighted by Gasteiger charge is -2.06. The average molecular weight is 206 g/mol. The van der Waals surface area contributed by atoms with Crippen molar-refractivity contribution < 1.29 is 10.0 Å². The first-order valence-corrected chi connectivity index (χ1v) is 4.47. The summed E-state index contributed by atoms with van der Waals surface area (Å²) < 4.78 is 0. The lowest BCUT2D eigenvalue weighted by atomic mass is 9.97. The second-order valence-corrected chi connectivity index (χ2v) is 3.10. The van der Waals surface area contributed by atoms with E-state index in [0.717, 1.165) is 0 Å². The van der Waals surface area contributed by atoms with Gasteiger partial charge in [-0.15, -0.1) is 0 Å². The van der Waals surface area contributed by atoms with E-state index in [0.29, 0.717) is 12.0 Å². The number of benzene rings is 1. The van der Waals surface area contributed by atoms with Crippen LogP contribution in [0.5, 0.6) is 5.75 Å². The molecule has 1 aromatic carbocycles. The summed E-state index contributed by atoms with van der Waals surface area (Å²) in [4.78, 5) is 9.87. The van der Waals surface area contributed by atoms with Crippen molar-refractivity contribution >= 4 is 5.69 Å². The Morgan fingerprint density at radius 2 is 2.33 bits per heavy atom. The highest BCUT2D eigenvalue weighted by molar-refractivity contribution is 5.49. The molecule has 5 nitrogen and oxygen atoms in total. The van der Waals surface area contributed by atoms with Gasteiger partial charge in [-0.05, 0) is 18.1 Å². The van der Waals surface area contributed by atoms with Crippen LogP contribution in [-0.4, -0.2) is 10.0 Å². The maximum Gasteiger partial charge on any atom is 0.311 e. The number of nitro groups is 1. The van der Waals surface area contributed by atoms with Gasteiger partial charge in [-0.1, -0.05) is 13.0 Å². The number of aromatic hydroxyl groups is 1. The van der Waals surface area contributed by atoms with Gasteiger partial charge in [0, 0.05) is 6.07 Å². The van der Waals surface area contributed by atoms with Crippen LogP contribution >= 0.6 is 0 Å². The lowest BCUT2D eigenvalue weighted by Crippen LogP contribution is -1.96. The fraction of sp³-hybridized carbons (Fsp3) is 0.300. The molecule has 78 valence electrons. The van der Waals surface area contributed by atoms with Gasteiger partial charge in [0.1, 0.15) is 0 Å². The number of hydrogen-bond donors (Lipinski definition) is 1. The second kappa shape index (κ2) is 4.42. The summed E-state index contributed by atoms with van der Waals surface area (Å²) in [7, 11) is 0. The maximum absolute atomic E-state index is 10.5. The molecule has 0 fully saturated rings. The molecule has 0 aliphatic carbocycles. The Morgan fingerprint density at radius 1 is 1.67 bits per heavy atom. The molecule has 0 aromatic heterocycles. The molecule has 0 amide bonds. The van der Waals surface area contributed by atoms with Gasteiger partial charge in [0.05, 0.1) is 16.9 Å². The van der Waals surface area contributed by atoms with Gasteiger partial charge in [0.2, 0.25) is 0 Å². The Kier molecular flexibility index (Phi) is 3.24. The summed E-state index contributed by atoms with van der Waals surface area (Å²) in [5.74, 6) is -0.749. The zero-order valence-electron chi connectivity index (χ0n) is 8.17. The van der Waals surface area contributed by atoms with Crippen molar-refractivity contribution in [2.45, 2.75) is 19.3 Å². The van der Waals surface area contributed by atoms with Gasteiger partial charge in [-0.25, -0.2) is 0 Å². The smallest absolute Gasteiger partial charge is 0.311 e. The highest BCUT2D eigenvalue weighted by atomic mass is 16.6. The van der Waals surface area contributed by atoms with Crippen molar-refractivity contribution in [3.8, 4) is 11.8 Å². The molecule has 0 radical (unpaired) electrons. The Bertz CT molecular complexity index is 423. The maximum atomic E-state index is 10.5. The minimum atomic E-state index is -0.664. The zero-order valence-corrected chi connectivity index (χ0v) is 8.17. The standard InChI is InChI=1S/C10H10N2O3/c1-2-7(6-11)8-3-4-10(13)9(5-8)12(14)15/h3-5,7,13H,2H2,1H3/t7-/m1/s1. The highest BCUT2D eigenvalue weighted by Gasteiger charge is 2.17. The minimum Gasteiger partial charge on any atom is -0.502 e. The van der Waals surface area contributed by atoms with E-state index >= 15 is 0 Å². The molecule has 0 saturated carbocycles. The van der Waals surface area contributed by atoms with Gasteiger partial charge in [0.15, 0.2) is 5.75 Å². The van der Waals surface area contributed by atoms with Crippen LogP contribution in [0.25, 0.3) is 0 Å². The van der Waals surface area contributed by atoms with E-state index in [1.54, 1.807) is 0 Å². The Hall–Kier alpha value is -2.09. The van der Waals surface area contributed by atoms with E-state index in [1.165, 1.54) is 18.2 Å². The lowest BCUT2D eigenvalue weighted by molar-refractivity contribution is -0.385. The third-order valence-corrected chi connectivity index (χ3v) is 2.16. The van der Waals surface area contributed by atoms with Crippen molar-refractivity contribution in [1.82, 2.24) is 0 Å². The van der Waals surface area contributed by atoms with Crippen LogP contribution in [0.1, 0.15) is 24.8 Å². The van der Waals surface area contributed by atoms with Crippen molar-refractivity contribution in [2.24, 2.45) is 0 Å². The zero-order chi connectivity index (χ0) is 11.4. The van der Waals surface area contributed by atoms with Crippen LogP contribution in [0, 0.1) is 21.4 Å². The molecule has 0 bridgehead atoms. The van der Waals surface area contributed by atoms with Crippen molar-refractivity contribution in [1.29, 1.82) is 5.26 Å². The van der Waals surface area contributed by atoms with Gasteiger partial charge in [-0.3, -0.25) is 10.1 Å². The van der Waals surface area contributed by atoms with Crippen LogP contribution in [0.4, 0.5) is 5.69 Å². The number of hydrogen-bond acceptors (Lipinski definition) is 4. The fourth-order valence-electron chi connectivity index (χ4n) is 1.30. The number of rotatable bonds is 3. The van der Waals surface area contributed by atoms with Gasteiger partial charge in [-0.2, -0.15) is 5.26 Å². The molecule has 0 aliphatic heterocycles. The van der Waals surface area contributed by atoms with E-state index in [-0.39, 0.29) is 17.4 Å². The summed E-state index contributed by atoms with van der Waals surface area (Å²) in [6.07, 6.45) is 0.582. The number of phenols is 1. The predicted octanol–water partition coefficient (Wildman–Crippen LogP) is 2.32. The van der Waals surface area contributed by atoms with Gasteiger partial charge < -0.3 is 5.11 Å². The molecular weight excluding hydrogens is 196 g/mol. The first kappa shape index (κ1) is 11.0. The molecular formula is C10H10N2O3. The van der Waals surface area contributed by atoms with Crippen molar-refractivity contribution in [2.75, 3.05) is 0 Å². The largest absolute Gasteiger partial charge is 0.502 e. The number of nitro benzene ring substituents is 1. The predicted molar refractivity (Wildman–Crippen MR) is 53.4 cm³/mol. The molecule has 0 spiro atoms. The van der Waals surface area contributed by atoms with Gasteiger partial charge >= 0.3 is 5.69 Å². The average Bonchev–Trinajstić information content (AvgIpc) is 2.21. The van der Waals surface area contributed by atoms with Crippen molar-refractivity contribution in [3.63, 3.8) is 0 Å². The fourth-order valence-corrected chi connectivity index (χ4v) is 1.30. The third-order valence-electron chi connectivity index (χ3n) is 2.16. The normalized spacial score (nSPS) is 11.7. The van der Waals surface area contributed by atoms with E-state index in [4.69, 9.17) is 5.26 Å². The first-order chi connectivity index (χ1) is 7.10. The Morgan fingerprint density at radius 3 is 2.80 bits per heavy atom. The monoisotopic (exact) mass is 206 g/mol. The molecule has 0 saturated heterocycles. The van der Waals surface area contributed by atoms with Crippen LogP contribution in [0.3, 0.4) is 0 Å². The first-order valence-electron chi connectivity index (χ1n) is 4.47. The number of nitriles is 1. The molecule has 0 unspecified atom stereocenters. The highest BCUT2D eigenvalue weighted by Crippen LogP contribution is 2.30.